The van der Waals surface area contributed by atoms with Crippen molar-refractivity contribution < 1.29 is 9.68 Å². The maximum absolute atomic E-state index is 10.5. The lowest BCUT2D eigenvalue weighted by Gasteiger charge is -2.15. The summed E-state index contributed by atoms with van der Waals surface area (Å²) in [7, 11) is 0. The van der Waals surface area contributed by atoms with Gasteiger partial charge in [-0.25, -0.2) is 0 Å². The Kier molecular flexibility index (Phi) is 4.80. The van der Waals surface area contributed by atoms with Gasteiger partial charge in [0.1, 0.15) is 12.3 Å². The van der Waals surface area contributed by atoms with Crippen molar-refractivity contribution in [1.82, 2.24) is 0 Å². The van der Waals surface area contributed by atoms with Crippen LogP contribution in [0.5, 0.6) is 5.75 Å². The summed E-state index contributed by atoms with van der Waals surface area (Å²) in [6.07, 6.45) is 6.61. The van der Waals surface area contributed by atoms with Gasteiger partial charge in [0.25, 0.3) is 0 Å². The number of phenolic OH excluding ortho intramolecular Hbond substituents is 1. The molecule has 1 N–H and O–H groups in total. The average Bonchev–Trinajstić information content (AvgIpc) is 2.92. The molecule has 1 heterocycles. The topological polar surface area (TPSA) is 23.2 Å². The first kappa shape index (κ1) is 18.5. The highest BCUT2D eigenvalue weighted by Crippen LogP contribution is 2.40. The van der Waals surface area contributed by atoms with Crippen molar-refractivity contribution in [3.63, 3.8) is 0 Å². The number of nitrogens with zero attached hydrogens (tertiary/aromatic N) is 1. The van der Waals surface area contributed by atoms with Crippen molar-refractivity contribution in [2.24, 2.45) is 0 Å². The van der Waals surface area contributed by atoms with Crippen LogP contribution in [0.4, 0.5) is 5.69 Å². The van der Waals surface area contributed by atoms with E-state index >= 15 is 0 Å². The molecule has 28 heavy (non-hydrogen) atoms. The molecule has 3 aromatic rings. The lowest BCUT2D eigenvalue weighted by molar-refractivity contribution is -0.438. The number of allylic oxidation sites excluding steroid dienone is 1. The smallest absolute Gasteiger partial charge is 0.209 e. The van der Waals surface area contributed by atoms with Gasteiger partial charge in [0.15, 0.2) is 5.71 Å². The molecule has 0 saturated heterocycles. The van der Waals surface area contributed by atoms with E-state index in [-0.39, 0.29) is 5.41 Å². The molecule has 0 radical (unpaired) electrons. The highest BCUT2D eigenvalue weighted by molar-refractivity contribution is 6.07. The van der Waals surface area contributed by atoms with E-state index in [4.69, 9.17) is 0 Å². The summed E-state index contributed by atoms with van der Waals surface area (Å²) in [4.78, 5) is 0. The summed E-state index contributed by atoms with van der Waals surface area (Å²) in [5.41, 5.74) is 4.78. The van der Waals surface area contributed by atoms with E-state index in [9.17, 15) is 5.11 Å². The Bertz CT molecular complexity index is 1090. The Labute approximate surface area is 167 Å². The van der Waals surface area contributed by atoms with E-state index in [1.807, 2.05) is 18.2 Å². The Hall–Kier alpha value is -2.87. The number of para-hydroxylation sites is 1. The lowest BCUT2D eigenvalue weighted by atomic mass is 9.81. The standard InChI is InChI=1S/C26H27NO/c1-4-5-18-27-23-13-9-8-12-22(23)26(2,3)25(27)17-15-21-20-11-7-6-10-19(20)14-16-24(21)28/h6-17H,4-5,18H2,1-3H3/p+1. The zero-order valence-electron chi connectivity index (χ0n) is 16.9. The molecule has 0 aliphatic carbocycles. The fourth-order valence-corrected chi connectivity index (χ4v) is 4.32. The number of aromatic hydroxyl groups is 1. The molecule has 0 amide bonds. The molecule has 1 aliphatic rings. The van der Waals surface area contributed by atoms with Crippen molar-refractivity contribution in [3.05, 3.63) is 77.9 Å². The van der Waals surface area contributed by atoms with Crippen LogP contribution in [0.3, 0.4) is 0 Å². The molecular formula is C26H28NO+. The highest BCUT2D eigenvalue weighted by Gasteiger charge is 2.43. The molecule has 0 spiro atoms. The largest absolute Gasteiger partial charge is 0.507 e. The number of rotatable bonds is 5. The normalized spacial score (nSPS) is 15.5. The van der Waals surface area contributed by atoms with Crippen LogP contribution in [0.2, 0.25) is 0 Å². The summed E-state index contributed by atoms with van der Waals surface area (Å²) in [5, 5.41) is 12.7. The quantitative estimate of drug-likeness (QED) is 0.514. The molecule has 2 heteroatoms. The first-order chi connectivity index (χ1) is 13.5. The Balaban J connectivity index is 1.85. The van der Waals surface area contributed by atoms with Crippen LogP contribution in [0, 0.1) is 0 Å². The minimum Gasteiger partial charge on any atom is -0.507 e. The second-order valence-electron chi connectivity index (χ2n) is 8.09. The minimum atomic E-state index is -0.0684. The number of unbranched alkanes of at least 4 members (excludes halogenated alkanes) is 1. The van der Waals surface area contributed by atoms with Gasteiger partial charge in [0, 0.05) is 29.7 Å². The molecule has 0 atom stereocenters. The summed E-state index contributed by atoms with van der Waals surface area (Å²) in [6, 6.07) is 20.7. The van der Waals surface area contributed by atoms with Crippen LogP contribution in [0.25, 0.3) is 16.8 Å². The maximum atomic E-state index is 10.5. The van der Waals surface area contributed by atoms with Crippen LogP contribution < -0.4 is 0 Å². The predicted molar refractivity (Wildman–Crippen MR) is 119 cm³/mol. The number of fused-ring (bicyclic) bond motifs is 2. The molecule has 0 unspecified atom stereocenters. The van der Waals surface area contributed by atoms with Crippen LogP contribution in [0.15, 0.2) is 66.7 Å². The number of benzene rings is 3. The summed E-state index contributed by atoms with van der Waals surface area (Å²) in [5.74, 6) is 0.323. The third kappa shape index (κ3) is 3.03. The number of phenols is 1. The zero-order valence-corrected chi connectivity index (χ0v) is 16.9. The van der Waals surface area contributed by atoms with Crippen molar-refractivity contribution in [2.45, 2.75) is 39.0 Å². The first-order valence-electron chi connectivity index (χ1n) is 10.2. The monoisotopic (exact) mass is 370 g/mol. The lowest BCUT2D eigenvalue weighted by Crippen LogP contribution is -2.27. The van der Waals surface area contributed by atoms with Gasteiger partial charge in [-0.3, -0.25) is 0 Å². The molecule has 0 saturated carbocycles. The van der Waals surface area contributed by atoms with E-state index in [1.54, 1.807) is 6.07 Å². The van der Waals surface area contributed by atoms with Gasteiger partial charge < -0.3 is 5.11 Å². The second kappa shape index (κ2) is 7.27. The van der Waals surface area contributed by atoms with E-state index < -0.39 is 0 Å². The predicted octanol–water partition coefficient (Wildman–Crippen LogP) is 6.44. The zero-order chi connectivity index (χ0) is 19.7. The number of hydrogen-bond acceptors (Lipinski definition) is 1. The first-order valence-corrected chi connectivity index (χ1v) is 10.2. The van der Waals surface area contributed by atoms with Gasteiger partial charge in [-0.15, -0.1) is 0 Å². The van der Waals surface area contributed by atoms with E-state index in [0.29, 0.717) is 5.75 Å². The molecule has 4 rings (SSSR count). The van der Waals surface area contributed by atoms with Crippen LogP contribution >= 0.6 is 0 Å². The molecule has 3 aromatic carbocycles. The van der Waals surface area contributed by atoms with Gasteiger partial charge >= 0.3 is 0 Å². The summed E-state index contributed by atoms with van der Waals surface area (Å²) < 4.78 is 2.46. The van der Waals surface area contributed by atoms with E-state index in [1.165, 1.54) is 23.4 Å². The van der Waals surface area contributed by atoms with Crippen molar-refractivity contribution in [3.8, 4) is 5.75 Å². The minimum absolute atomic E-state index is 0.0684. The third-order valence-corrected chi connectivity index (χ3v) is 5.89. The van der Waals surface area contributed by atoms with Gasteiger partial charge in [-0.05, 0) is 36.8 Å². The highest BCUT2D eigenvalue weighted by atomic mass is 16.3. The molecule has 142 valence electrons. The molecule has 1 aliphatic heterocycles. The second-order valence-corrected chi connectivity index (χ2v) is 8.09. The van der Waals surface area contributed by atoms with Crippen molar-refractivity contribution in [1.29, 1.82) is 0 Å². The molecule has 2 nitrogen and oxygen atoms in total. The third-order valence-electron chi connectivity index (χ3n) is 5.89. The van der Waals surface area contributed by atoms with Crippen LogP contribution in [-0.2, 0) is 5.41 Å². The fourth-order valence-electron chi connectivity index (χ4n) is 4.32. The fraction of sp³-hybridized carbons (Fsp3) is 0.269. The molecule has 0 bridgehead atoms. The maximum Gasteiger partial charge on any atom is 0.209 e. The Morgan fingerprint density at radius 2 is 1.68 bits per heavy atom. The number of hydrogen-bond donors (Lipinski definition) is 1. The van der Waals surface area contributed by atoms with Gasteiger partial charge in [0.2, 0.25) is 5.69 Å². The Morgan fingerprint density at radius 3 is 2.50 bits per heavy atom. The van der Waals surface area contributed by atoms with E-state index in [0.717, 1.165) is 29.3 Å². The van der Waals surface area contributed by atoms with Gasteiger partial charge in [-0.2, -0.15) is 4.58 Å². The van der Waals surface area contributed by atoms with Crippen molar-refractivity contribution >= 4 is 28.2 Å². The van der Waals surface area contributed by atoms with Crippen LogP contribution in [0.1, 0.15) is 44.7 Å². The average molecular weight is 371 g/mol. The SMILES string of the molecule is CCCC[N+]1=C(/C=C/c2c(O)ccc3ccccc23)C(C)(C)c2ccccc21. The van der Waals surface area contributed by atoms with Gasteiger partial charge in [-0.1, -0.05) is 61.9 Å². The molecular weight excluding hydrogens is 342 g/mol. The van der Waals surface area contributed by atoms with E-state index in [2.05, 4.69) is 73.9 Å². The summed E-state index contributed by atoms with van der Waals surface area (Å²) >= 11 is 0. The van der Waals surface area contributed by atoms with Gasteiger partial charge in [0.05, 0.1) is 5.41 Å². The summed E-state index contributed by atoms with van der Waals surface area (Å²) in [6.45, 7) is 7.83. The van der Waals surface area contributed by atoms with Crippen LogP contribution in [-0.4, -0.2) is 21.9 Å². The van der Waals surface area contributed by atoms with Crippen molar-refractivity contribution in [2.75, 3.05) is 6.54 Å². The molecule has 0 fully saturated rings. The molecule has 0 aromatic heterocycles. The Morgan fingerprint density at radius 1 is 0.929 bits per heavy atom.